The van der Waals surface area contributed by atoms with E-state index in [1.807, 2.05) is 12.1 Å². The summed E-state index contributed by atoms with van der Waals surface area (Å²) in [4.78, 5) is 0. The average Bonchev–Trinajstić information content (AvgIpc) is 2.58. The molecule has 1 heterocycles. The van der Waals surface area contributed by atoms with Crippen LogP contribution in [0, 0.1) is 6.20 Å². The summed E-state index contributed by atoms with van der Waals surface area (Å²) in [5, 5.41) is 13.6. The lowest BCUT2D eigenvalue weighted by atomic mass is 9.86. The largest absolute Gasteiger partial charge is 0.504 e. The van der Waals surface area contributed by atoms with Crippen LogP contribution in [0.5, 0.6) is 5.75 Å². The molecule has 2 rings (SSSR count). The Bertz CT molecular complexity index is 499. The van der Waals surface area contributed by atoms with E-state index in [1.54, 1.807) is 11.7 Å². The molecule has 89 valence electrons. The Labute approximate surface area is 102 Å². The van der Waals surface area contributed by atoms with Crippen LogP contribution in [0.25, 0.3) is 11.3 Å². The number of aromatic nitrogens is 2. The van der Waals surface area contributed by atoms with Crippen LogP contribution in [0.15, 0.2) is 24.3 Å². The first-order chi connectivity index (χ1) is 7.89. The zero-order valence-corrected chi connectivity index (χ0v) is 10.7. The zero-order valence-electron chi connectivity index (χ0n) is 10.7. The summed E-state index contributed by atoms with van der Waals surface area (Å²) in [6.45, 7) is 6.53. The third-order valence-corrected chi connectivity index (χ3v) is 2.88. The van der Waals surface area contributed by atoms with E-state index in [0.29, 0.717) is 5.69 Å². The van der Waals surface area contributed by atoms with Gasteiger partial charge in [0.05, 0.1) is 0 Å². The molecule has 3 heteroatoms. The van der Waals surface area contributed by atoms with Crippen molar-refractivity contribution in [2.45, 2.75) is 26.2 Å². The number of aryl methyl sites for hydroxylation is 1. The van der Waals surface area contributed by atoms with Crippen LogP contribution in [-0.4, -0.2) is 14.9 Å². The molecule has 0 saturated heterocycles. The fraction of sp³-hybridized carbons (Fsp3) is 0.357. The first-order valence-electron chi connectivity index (χ1n) is 5.64. The van der Waals surface area contributed by atoms with Gasteiger partial charge in [-0.2, -0.15) is 5.10 Å². The monoisotopic (exact) mass is 229 g/mol. The third kappa shape index (κ3) is 2.18. The van der Waals surface area contributed by atoms with Gasteiger partial charge in [0.25, 0.3) is 0 Å². The second kappa shape index (κ2) is 3.91. The van der Waals surface area contributed by atoms with Crippen molar-refractivity contribution in [3.63, 3.8) is 0 Å². The number of hydrogen-bond acceptors (Lipinski definition) is 2. The second-order valence-corrected chi connectivity index (χ2v) is 5.26. The minimum absolute atomic E-state index is 0.0935. The second-order valence-electron chi connectivity index (χ2n) is 5.26. The molecule has 0 saturated carbocycles. The summed E-state index contributed by atoms with van der Waals surface area (Å²) in [6.07, 6.45) is 2.55. The van der Waals surface area contributed by atoms with Gasteiger partial charge in [-0.25, -0.2) is 0 Å². The standard InChI is InChI=1S/C14H17N2O/c1-14(2,3)11-7-5-10(6-8-11)13-12(17)9-15-16(13)4/h5-8,17H,1-4H3. The number of rotatable bonds is 1. The highest BCUT2D eigenvalue weighted by Gasteiger charge is 2.15. The predicted molar refractivity (Wildman–Crippen MR) is 67.8 cm³/mol. The van der Waals surface area contributed by atoms with Gasteiger partial charge in [0, 0.05) is 12.6 Å². The van der Waals surface area contributed by atoms with Crippen LogP contribution in [0.4, 0.5) is 0 Å². The number of hydrogen-bond donors (Lipinski definition) is 1. The highest BCUT2D eigenvalue weighted by Crippen LogP contribution is 2.30. The van der Waals surface area contributed by atoms with Crippen molar-refractivity contribution in [1.82, 2.24) is 9.78 Å². The van der Waals surface area contributed by atoms with E-state index >= 15 is 0 Å². The van der Waals surface area contributed by atoms with E-state index in [-0.39, 0.29) is 11.2 Å². The number of benzene rings is 1. The minimum Gasteiger partial charge on any atom is -0.504 e. The summed E-state index contributed by atoms with van der Waals surface area (Å²) in [7, 11) is 1.79. The van der Waals surface area contributed by atoms with Crippen LogP contribution in [0.3, 0.4) is 0 Å². The highest BCUT2D eigenvalue weighted by atomic mass is 16.3. The highest BCUT2D eigenvalue weighted by molar-refractivity contribution is 5.66. The van der Waals surface area contributed by atoms with Gasteiger partial charge in [0.1, 0.15) is 5.69 Å². The molecule has 0 atom stereocenters. The predicted octanol–water partition coefficient (Wildman–Crippen LogP) is 2.89. The van der Waals surface area contributed by atoms with Crippen LogP contribution in [0.1, 0.15) is 26.3 Å². The quantitative estimate of drug-likeness (QED) is 0.816. The molecule has 0 aliphatic carbocycles. The smallest absolute Gasteiger partial charge is 0.171 e. The van der Waals surface area contributed by atoms with Crippen molar-refractivity contribution >= 4 is 0 Å². The Morgan fingerprint density at radius 3 is 2.18 bits per heavy atom. The third-order valence-electron chi connectivity index (χ3n) is 2.88. The molecule has 0 aliphatic heterocycles. The van der Waals surface area contributed by atoms with Crippen molar-refractivity contribution in [3.8, 4) is 17.0 Å². The van der Waals surface area contributed by atoms with Gasteiger partial charge in [-0.05, 0) is 11.0 Å². The molecule has 2 aromatic rings. The lowest BCUT2D eigenvalue weighted by Gasteiger charge is -2.19. The Morgan fingerprint density at radius 2 is 1.76 bits per heavy atom. The number of nitrogens with zero attached hydrogens (tertiary/aromatic N) is 2. The molecule has 0 unspecified atom stereocenters. The van der Waals surface area contributed by atoms with E-state index in [2.05, 4.69) is 44.2 Å². The molecule has 0 fully saturated rings. The van der Waals surface area contributed by atoms with Crippen LogP contribution in [-0.2, 0) is 12.5 Å². The van der Waals surface area contributed by atoms with Crippen molar-refractivity contribution in [2.24, 2.45) is 7.05 Å². The summed E-state index contributed by atoms with van der Waals surface area (Å²) >= 11 is 0. The van der Waals surface area contributed by atoms with Crippen molar-refractivity contribution < 1.29 is 5.11 Å². The van der Waals surface area contributed by atoms with Gasteiger partial charge in [0.15, 0.2) is 11.9 Å². The SMILES string of the molecule is Cn1n[c]c(O)c1-c1ccc(C(C)(C)C)cc1. The van der Waals surface area contributed by atoms with Crippen molar-refractivity contribution in [3.05, 3.63) is 36.0 Å². The van der Waals surface area contributed by atoms with E-state index in [0.717, 1.165) is 5.56 Å². The average molecular weight is 229 g/mol. The fourth-order valence-electron chi connectivity index (χ4n) is 1.83. The first kappa shape index (κ1) is 11.7. The van der Waals surface area contributed by atoms with E-state index in [9.17, 15) is 5.11 Å². The summed E-state index contributed by atoms with van der Waals surface area (Å²) < 4.78 is 1.63. The Hall–Kier alpha value is -1.77. The number of aromatic hydroxyl groups is 1. The van der Waals surface area contributed by atoms with E-state index in [4.69, 9.17) is 0 Å². The van der Waals surface area contributed by atoms with Crippen LogP contribution in [0.2, 0.25) is 0 Å². The molecular formula is C14H17N2O. The van der Waals surface area contributed by atoms with Crippen molar-refractivity contribution in [2.75, 3.05) is 0 Å². The maximum absolute atomic E-state index is 9.68. The van der Waals surface area contributed by atoms with Gasteiger partial charge in [0.2, 0.25) is 0 Å². The molecule has 0 aliphatic rings. The van der Waals surface area contributed by atoms with Crippen LogP contribution < -0.4 is 0 Å². The molecule has 1 N–H and O–H groups in total. The first-order valence-corrected chi connectivity index (χ1v) is 5.64. The fourth-order valence-corrected chi connectivity index (χ4v) is 1.83. The summed E-state index contributed by atoms with van der Waals surface area (Å²) in [6, 6.07) is 8.18. The summed E-state index contributed by atoms with van der Waals surface area (Å²) in [5.74, 6) is 0.0935. The lowest BCUT2D eigenvalue weighted by Crippen LogP contribution is -2.10. The van der Waals surface area contributed by atoms with Gasteiger partial charge in [-0.3, -0.25) is 4.68 Å². The van der Waals surface area contributed by atoms with E-state index < -0.39 is 0 Å². The molecule has 17 heavy (non-hydrogen) atoms. The lowest BCUT2D eigenvalue weighted by molar-refractivity contribution is 0.476. The molecule has 0 amide bonds. The Kier molecular flexibility index (Phi) is 2.69. The summed E-state index contributed by atoms with van der Waals surface area (Å²) in [5.41, 5.74) is 3.06. The molecule has 1 aromatic carbocycles. The molecule has 0 spiro atoms. The van der Waals surface area contributed by atoms with Crippen molar-refractivity contribution in [1.29, 1.82) is 0 Å². The van der Waals surface area contributed by atoms with E-state index in [1.165, 1.54) is 5.56 Å². The molecule has 3 nitrogen and oxygen atoms in total. The Balaban J connectivity index is 2.43. The molecule has 1 aromatic heterocycles. The van der Waals surface area contributed by atoms with Gasteiger partial charge in [-0.1, -0.05) is 45.0 Å². The molecule has 1 radical (unpaired) electrons. The molecular weight excluding hydrogens is 212 g/mol. The van der Waals surface area contributed by atoms with Crippen LogP contribution >= 0.6 is 0 Å². The van der Waals surface area contributed by atoms with Gasteiger partial charge < -0.3 is 5.11 Å². The maximum atomic E-state index is 9.68. The topological polar surface area (TPSA) is 38.0 Å². The normalized spacial score (nSPS) is 11.8. The van der Waals surface area contributed by atoms with Gasteiger partial charge >= 0.3 is 0 Å². The Morgan fingerprint density at radius 1 is 1.18 bits per heavy atom. The molecule has 0 bridgehead atoms. The zero-order chi connectivity index (χ0) is 12.6. The minimum atomic E-state index is 0.0935. The van der Waals surface area contributed by atoms with Gasteiger partial charge in [-0.15, -0.1) is 0 Å². The maximum Gasteiger partial charge on any atom is 0.171 e.